The van der Waals surface area contributed by atoms with E-state index in [1.807, 2.05) is 10.9 Å². The predicted octanol–water partition coefficient (Wildman–Crippen LogP) is 3.06. The maximum Gasteiger partial charge on any atom is 0.139 e. The number of thioether (sulfide) groups is 1. The van der Waals surface area contributed by atoms with Gasteiger partial charge in [-0.05, 0) is 18.4 Å². The van der Waals surface area contributed by atoms with Crippen LogP contribution in [0.5, 0.6) is 0 Å². The molecule has 0 spiro atoms. The van der Waals surface area contributed by atoms with Crippen LogP contribution in [0.15, 0.2) is 12.3 Å². The largest absolute Gasteiger partial charge is 0.360 e. The molecule has 0 aliphatic carbocycles. The third-order valence-electron chi connectivity index (χ3n) is 2.21. The highest BCUT2D eigenvalue weighted by molar-refractivity contribution is 7.97. The van der Waals surface area contributed by atoms with Crippen LogP contribution in [-0.2, 0) is 17.2 Å². The lowest BCUT2D eigenvalue weighted by Crippen LogP contribution is -2.22. The van der Waals surface area contributed by atoms with E-state index in [9.17, 15) is 0 Å². The molecular formula is C11H22N2OSSi. The lowest BCUT2D eigenvalue weighted by molar-refractivity contribution is 0.0783. The molecular weight excluding hydrogens is 236 g/mol. The Balaban J connectivity index is 2.21. The molecule has 0 saturated heterocycles. The van der Waals surface area contributed by atoms with Crippen LogP contribution in [0.2, 0.25) is 25.7 Å². The molecule has 0 radical (unpaired) electrons. The number of nitrogens with zero attached hydrogens (tertiary/aromatic N) is 2. The summed E-state index contributed by atoms with van der Waals surface area (Å²) in [6.45, 7) is 8.52. The second-order valence-electron chi connectivity index (χ2n) is 5.13. The molecule has 0 saturated carbocycles. The second-order valence-corrected chi connectivity index (χ2v) is 11.6. The van der Waals surface area contributed by atoms with Crippen LogP contribution in [0.3, 0.4) is 0 Å². The molecule has 0 aliphatic rings. The molecule has 0 aromatic carbocycles. The Labute approximate surface area is 104 Å². The van der Waals surface area contributed by atoms with Crippen LogP contribution in [-0.4, -0.2) is 30.7 Å². The average Bonchev–Trinajstić information content (AvgIpc) is 2.60. The summed E-state index contributed by atoms with van der Waals surface area (Å²) >= 11 is 1.79. The molecule has 3 nitrogen and oxygen atoms in total. The summed E-state index contributed by atoms with van der Waals surface area (Å²) in [6.07, 6.45) is 4.07. The fourth-order valence-corrected chi connectivity index (χ4v) is 2.44. The van der Waals surface area contributed by atoms with Gasteiger partial charge >= 0.3 is 0 Å². The fourth-order valence-electron chi connectivity index (χ4n) is 1.24. The van der Waals surface area contributed by atoms with E-state index in [4.69, 9.17) is 4.74 Å². The molecule has 92 valence electrons. The van der Waals surface area contributed by atoms with E-state index in [-0.39, 0.29) is 0 Å². The van der Waals surface area contributed by atoms with Crippen molar-refractivity contribution in [1.82, 2.24) is 9.78 Å². The molecule has 1 rings (SSSR count). The third kappa shape index (κ3) is 5.72. The van der Waals surface area contributed by atoms with Crippen molar-refractivity contribution >= 4 is 19.8 Å². The minimum atomic E-state index is -0.961. The highest BCUT2D eigenvalue weighted by Crippen LogP contribution is 2.08. The van der Waals surface area contributed by atoms with Gasteiger partial charge in [0.15, 0.2) is 0 Å². The lowest BCUT2D eigenvalue weighted by Gasteiger charge is -2.15. The summed E-state index contributed by atoms with van der Waals surface area (Å²) in [5, 5.41) is 4.42. The molecule has 5 heteroatoms. The van der Waals surface area contributed by atoms with Gasteiger partial charge in [0.1, 0.15) is 6.73 Å². The molecule has 0 aliphatic heterocycles. The molecule has 0 N–H and O–H groups in total. The zero-order valence-electron chi connectivity index (χ0n) is 10.7. The molecule has 16 heavy (non-hydrogen) atoms. The molecule has 0 amide bonds. The number of hydrogen-bond acceptors (Lipinski definition) is 3. The summed E-state index contributed by atoms with van der Waals surface area (Å²) in [6, 6.07) is 3.27. The normalized spacial score (nSPS) is 12.0. The smallest absolute Gasteiger partial charge is 0.139 e. The SMILES string of the molecule is CSCc1ccn(COCC[Si](C)(C)C)n1. The molecule has 0 fully saturated rings. The second kappa shape index (κ2) is 6.47. The van der Waals surface area contributed by atoms with E-state index >= 15 is 0 Å². The van der Waals surface area contributed by atoms with Gasteiger partial charge in [0, 0.05) is 26.6 Å². The van der Waals surface area contributed by atoms with Crippen molar-refractivity contribution < 1.29 is 4.74 Å². The van der Waals surface area contributed by atoms with E-state index in [1.165, 1.54) is 6.04 Å². The maximum atomic E-state index is 5.62. The molecule has 1 heterocycles. The van der Waals surface area contributed by atoms with Crippen molar-refractivity contribution in [2.24, 2.45) is 0 Å². The van der Waals surface area contributed by atoms with Gasteiger partial charge in [-0.2, -0.15) is 16.9 Å². The van der Waals surface area contributed by atoms with Crippen LogP contribution in [0, 0.1) is 0 Å². The molecule has 1 aromatic rings. The van der Waals surface area contributed by atoms with Crippen molar-refractivity contribution in [3.63, 3.8) is 0 Å². The van der Waals surface area contributed by atoms with Crippen molar-refractivity contribution in [3.8, 4) is 0 Å². The predicted molar refractivity (Wildman–Crippen MR) is 73.6 cm³/mol. The van der Waals surface area contributed by atoms with E-state index in [1.54, 1.807) is 11.8 Å². The summed E-state index contributed by atoms with van der Waals surface area (Å²) in [5.74, 6) is 0.974. The quantitative estimate of drug-likeness (QED) is 0.555. The molecule has 0 atom stereocenters. The van der Waals surface area contributed by atoms with Gasteiger partial charge in [-0.25, -0.2) is 4.68 Å². The third-order valence-corrected chi connectivity index (χ3v) is 4.50. The summed E-state index contributed by atoms with van der Waals surface area (Å²) in [4.78, 5) is 0. The van der Waals surface area contributed by atoms with E-state index in [0.29, 0.717) is 6.73 Å². The van der Waals surface area contributed by atoms with Crippen molar-refractivity contribution in [3.05, 3.63) is 18.0 Å². The minimum absolute atomic E-state index is 0.582. The fraction of sp³-hybridized carbons (Fsp3) is 0.727. The van der Waals surface area contributed by atoms with Gasteiger partial charge < -0.3 is 4.74 Å². The highest BCUT2D eigenvalue weighted by Gasteiger charge is 2.11. The number of rotatable bonds is 7. The molecule has 0 unspecified atom stereocenters. The first kappa shape index (κ1) is 13.8. The standard InChI is InChI=1S/C11H22N2OSSi/c1-15-9-11-5-6-13(12-11)10-14-7-8-16(2,3)4/h5-6H,7-10H2,1-4H3. The summed E-state index contributed by atoms with van der Waals surface area (Å²) in [5.41, 5.74) is 1.13. The molecule has 0 bridgehead atoms. The van der Waals surface area contributed by atoms with Gasteiger partial charge in [-0.15, -0.1) is 0 Å². The Morgan fingerprint density at radius 2 is 2.19 bits per heavy atom. The zero-order chi connectivity index (χ0) is 12.0. The van der Waals surface area contributed by atoms with Crippen molar-refractivity contribution in [2.45, 2.75) is 38.2 Å². The van der Waals surface area contributed by atoms with Crippen LogP contribution in [0.25, 0.3) is 0 Å². The first-order valence-electron chi connectivity index (χ1n) is 5.60. The topological polar surface area (TPSA) is 27.1 Å². The minimum Gasteiger partial charge on any atom is -0.360 e. The number of aromatic nitrogens is 2. The van der Waals surface area contributed by atoms with E-state index in [0.717, 1.165) is 18.1 Å². The number of hydrogen-bond donors (Lipinski definition) is 0. The van der Waals surface area contributed by atoms with Crippen LogP contribution in [0.4, 0.5) is 0 Å². The van der Waals surface area contributed by atoms with Gasteiger partial charge in [-0.1, -0.05) is 19.6 Å². The van der Waals surface area contributed by atoms with Crippen LogP contribution in [0.1, 0.15) is 5.69 Å². The van der Waals surface area contributed by atoms with Crippen LogP contribution >= 0.6 is 11.8 Å². The Morgan fingerprint density at radius 3 is 2.81 bits per heavy atom. The van der Waals surface area contributed by atoms with Gasteiger partial charge in [0.05, 0.1) is 5.69 Å². The summed E-state index contributed by atoms with van der Waals surface area (Å²) in [7, 11) is -0.961. The zero-order valence-corrected chi connectivity index (χ0v) is 12.5. The van der Waals surface area contributed by atoms with E-state index < -0.39 is 8.07 Å². The Bertz CT molecular complexity index is 309. The van der Waals surface area contributed by atoms with Crippen molar-refractivity contribution in [2.75, 3.05) is 12.9 Å². The lowest BCUT2D eigenvalue weighted by atomic mass is 10.5. The number of ether oxygens (including phenoxy) is 1. The van der Waals surface area contributed by atoms with Gasteiger partial charge in [-0.3, -0.25) is 0 Å². The first-order chi connectivity index (χ1) is 7.51. The van der Waals surface area contributed by atoms with Crippen molar-refractivity contribution in [1.29, 1.82) is 0 Å². The first-order valence-corrected chi connectivity index (χ1v) is 10.7. The molecule has 1 aromatic heterocycles. The van der Waals surface area contributed by atoms with E-state index in [2.05, 4.69) is 37.1 Å². The Hall–Kier alpha value is -0.263. The van der Waals surface area contributed by atoms with Gasteiger partial charge in [0.2, 0.25) is 0 Å². The Kier molecular flexibility index (Phi) is 5.58. The van der Waals surface area contributed by atoms with Gasteiger partial charge in [0.25, 0.3) is 0 Å². The highest BCUT2D eigenvalue weighted by atomic mass is 32.2. The maximum absolute atomic E-state index is 5.62. The average molecular weight is 258 g/mol. The Morgan fingerprint density at radius 1 is 1.44 bits per heavy atom. The monoisotopic (exact) mass is 258 g/mol. The van der Waals surface area contributed by atoms with Crippen LogP contribution < -0.4 is 0 Å². The summed E-state index contributed by atoms with van der Waals surface area (Å²) < 4.78 is 7.49.